The van der Waals surface area contributed by atoms with Gasteiger partial charge in [-0.15, -0.1) is 0 Å². The lowest BCUT2D eigenvalue weighted by Crippen LogP contribution is -2.47. The zero-order chi connectivity index (χ0) is 27.3. The number of anilines is 3. The fourth-order valence-corrected chi connectivity index (χ4v) is 6.02. The van der Waals surface area contributed by atoms with Gasteiger partial charge in [-0.05, 0) is 42.8 Å². The molecule has 1 heterocycles. The maximum Gasteiger partial charge on any atom is 0.243 e. The second-order valence-electron chi connectivity index (χ2n) is 9.73. The monoisotopic (exact) mass is 536 g/mol. The number of rotatable bonds is 9. The maximum absolute atomic E-state index is 13.7. The lowest BCUT2D eigenvalue weighted by atomic mass is 10.1. The van der Waals surface area contributed by atoms with E-state index in [1.165, 1.54) is 0 Å². The van der Waals surface area contributed by atoms with Crippen molar-refractivity contribution in [1.29, 1.82) is 0 Å². The Labute approximate surface area is 225 Å². The van der Waals surface area contributed by atoms with E-state index in [1.54, 1.807) is 39.2 Å². The number of piperazine rings is 1. The van der Waals surface area contributed by atoms with Crippen molar-refractivity contribution >= 4 is 33.0 Å². The van der Waals surface area contributed by atoms with E-state index >= 15 is 0 Å². The van der Waals surface area contributed by atoms with Crippen LogP contribution in [0.4, 0.5) is 17.1 Å². The summed E-state index contributed by atoms with van der Waals surface area (Å²) in [5.41, 5.74) is 2.95. The summed E-state index contributed by atoms with van der Waals surface area (Å²) in [6, 6.07) is 22.0. The van der Waals surface area contributed by atoms with Gasteiger partial charge in [0.25, 0.3) is 0 Å². The molecule has 8 nitrogen and oxygen atoms in total. The van der Waals surface area contributed by atoms with Gasteiger partial charge in [0.2, 0.25) is 15.9 Å². The molecule has 0 aromatic heterocycles. The van der Waals surface area contributed by atoms with E-state index in [9.17, 15) is 13.2 Å². The normalized spacial score (nSPS) is 14.9. The summed E-state index contributed by atoms with van der Waals surface area (Å²) in [6.45, 7) is 8.10. The van der Waals surface area contributed by atoms with Gasteiger partial charge in [-0.3, -0.25) is 4.79 Å². The molecule has 3 aromatic rings. The Morgan fingerprint density at radius 1 is 0.842 bits per heavy atom. The minimum absolute atomic E-state index is 0.146. The van der Waals surface area contributed by atoms with Crippen molar-refractivity contribution < 1.29 is 17.9 Å². The Bertz CT molecular complexity index is 1350. The van der Waals surface area contributed by atoms with E-state index < -0.39 is 16.1 Å². The molecule has 1 atom stereocenters. The van der Waals surface area contributed by atoms with Gasteiger partial charge in [-0.2, -0.15) is 0 Å². The number of sulfonamides is 1. The molecule has 202 valence electrons. The fraction of sp³-hybridized carbons (Fsp3) is 0.345. The Morgan fingerprint density at radius 2 is 1.45 bits per heavy atom. The molecule has 0 aliphatic carbocycles. The van der Waals surface area contributed by atoms with Gasteiger partial charge in [0, 0.05) is 43.8 Å². The second kappa shape index (κ2) is 11.9. The summed E-state index contributed by atoms with van der Waals surface area (Å²) in [5.74, 6) is 0.416. The van der Waals surface area contributed by atoms with E-state index in [4.69, 9.17) is 4.74 Å². The summed E-state index contributed by atoms with van der Waals surface area (Å²) in [6.07, 6.45) is 0. The number of nitrogens with one attached hydrogen (secondary N) is 2. The lowest BCUT2D eigenvalue weighted by molar-refractivity contribution is -0.118. The zero-order valence-corrected chi connectivity index (χ0v) is 23.2. The van der Waals surface area contributed by atoms with Crippen LogP contribution in [-0.4, -0.2) is 47.6 Å². The maximum atomic E-state index is 13.7. The average Bonchev–Trinajstić information content (AvgIpc) is 2.93. The third-order valence-corrected chi connectivity index (χ3v) is 8.29. The third kappa shape index (κ3) is 6.28. The number of hydrogen-bond donors (Lipinski definition) is 2. The molecule has 38 heavy (non-hydrogen) atoms. The van der Waals surface area contributed by atoms with E-state index in [2.05, 4.69) is 19.8 Å². The van der Waals surface area contributed by atoms with Crippen molar-refractivity contribution in [3.63, 3.8) is 0 Å². The van der Waals surface area contributed by atoms with Crippen molar-refractivity contribution in [2.24, 2.45) is 5.92 Å². The number of ether oxygens (including phenoxy) is 1. The van der Waals surface area contributed by atoms with Gasteiger partial charge in [-0.1, -0.05) is 56.3 Å². The van der Waals surface area contributed by atoms with Crippen molar-refractivity contribution in [1.82, 2.24) is 4.72 Å². The van der Waals surface area contributed by atoms with Gasteiger partial charge in [0.05, 0.1) is 18.5 Å². The SMILES string of the molecule is COc1ccccc1N1CCN(c2ccc(NC(=O)C(C)C)cc2S(=O)(=O)N[C@H](C)c2ccccc2)CC1. The minimum Gasteiger partial charge on any atom is -0.495 e. The zero-order valence-electron chi connectivity index (χ0n) is 22.3. The first kappa shape index (κ1) is 27.5. The van der Waals surface area contributed by atoms with Crippen LogP contribution in [0, 0.1) is 5.92 Å². The van der Waals surface area contributed by atoms with Crippen LogP contribution in [0.15, 0.2) is 77.7 Å². The molecular weight excluding hydrogens is 500 g/mol. The molecule has 1 amide bonds. The number of para-hydroxylation sites is 2. The number of methoxy groups -OCH3 is 1. The van der Waals surface area contributed by atoms with Crippen LogP contribution in [0.5, 0.6) is 5.75 Å². The molecule has 1 aliphatic rings. The van der Waals surface area contributed by atoms with Gasteiger partial charge in [0.15, 0.2) is 0 Å². The van der Waals surface area contributed by atoms with E-state index in [0.717, 1.165) is 17.0 Å². The van der Waals surface area contributed by atoms with Gasteiger partial charge >= 0.3 is 0 Å². The molecule has 0 saturated carbocycles. The molecule has 3 aromatic carbocycles. The highest BCUT2D eigenvalue weighted by atomic mass is 32.2. The molecule has 2 N–H and O–H groups in total. The van der Waals surface area contributed by atoms with Crippen LogP contribution in [0.3, 0.4) is 0 Å². The highest BCUT2D eigenvalue weighted by Crippen LogP contribution is 2.33. The predicted octanol–water partition coefficient (Wildman–Crippen LogP) is 4.66. The van der Waals surface area contributed by atoms with Crippen molar-refractivity contribution in [3.05, 3.63) is 78.4 Å². The van der Waals surface area contributed by atoms with Crippen LogP contribution in [-0.2, 0) is 14.8 Å². The summed E-state index contributed by atoms with van der Waals surface area (Å²) in [7, 11) is -2.26. The summed E-state index contributed by atoms with van der Waals surface area (Å²) < 4.78 is 35.8. The van der Waals surface area contributed by atoms with Crippen molar-refractivity contribution in [2.45, 2.75) is 31.7 Å². The molecule has 0 unspecified atom stereocenters. The molecule has 9 heteroatoms. The molecule has 0 bridgehead atoms. The summed E-state index contributed by atoms with van der Waals surface area (Å²) >= 11 is 0. The van der Waals surface area contributed by atoms with Crippen LogP contribution >= 0.6 is 0 Å². The van der Waals surface area contributed by atoms with Gasteiger partial charge in [0.1, 0.15) is 10.6 Å². The Balaban J connectivity index is 1.62. The first-order valence-corrected chi connectivity index (χ1v) is 14.3. The molecule has 4 rings (SSSR count). The van der Waals surface area contributed by atoms with Crippen molar-refractivity contribution in [2.75, 3.05) is 48.4 Å². The predicted molar refractivity (Wildman–Crippen MR) is 153 cm³/mol. The summed E-state index contributed by atoms with van der Waals surface area (Å²) in [4.78, 5) is 16.8. The number of carbonyl (C=O) groups excluding carboxylic acids is 1. The third-order valence-electron chi connectivity index (χ3n) is 6.72. The quantitative estimate of drug-likeness (QED) is 0.414. The van der Waals surface area contributed by atoms with E-state index in [1.807, 2.05) is 61.5 Å². The highest BCUT2D eigenvalue weighted by Gasteiger charge is 2.28. The average molecular weight is 537 g/mol. The number of carbonyl (C=O) groups is 1. The van der Waals surface area contributed by atoms with Crippen molar-refractivity contribution in [3.8, 4) is 5.75 Å². The second-order valence-corrected chi connectivity index (χ2v) is 11.4. The minimum atomic E-state index is -3.92. The van der Waals surface area contributed by atoms with Crippen LogP contribution in [0.25, 0.3) is 0 Å². The fourth-order valence-electron chi connectivity index (χ4n) is 4.54. The van der Waals surface area contributed by atoms with Crippen LogP contribution in [0.2, 0.25) is 0 Å². The molecule has 1 saturated heterocycles. The molecule has 1 fully saturated rings. The lowest BCUT2D eigenvalue weighted by Gasteiger charge is -2.38. The van der Waals surface area contributed by atoms with Crippen LogP contribution < -0.4 is 24.6 Å². The number of amides is 1. The van der Waals surface area contributed by atoms with E-state index in [0.29, 0.717) is 37.6 Å². The molecule has 0 spiro atoms. The highest BCUT2D eigenvalue weighted by molar-refractivity contribution is 7.89. The standard InChI is InChI=1S/C29H36N4O4S/c1-21(2)29(34)30-24-14-15-26(28(20-24)38(35,36)31-22(3)23-10-6-5-7-11-23)33-18-16-32(17-19-33)25-12-8-9-13-27(25)37-4/h5-15,20-22,31H,16-19H2,1-4H3,(H,30,34)/t22-/m1/s1. The smallest absolute Gasteiger partial charge is 0.243 e. The van der Waals surface area contributed by atoms with Gasteiger partial charge in [-0.25, -0.2) is 13.1 Å². The molecular formula is C29H36N4O4S. The first-order valence-electron chi connectivity index (χ1n) is 12.8. The first-order chi connectivity index (χ1) is 18.2. The Morgan fingerprint density at radius 3 is 2.08 bits per heavy atom. The molecule has 1 aliphatic heterocycles. The Kier molecular flexibility index (Phi) is 8.58. The number of nitrogens with zero attached hydrogens (tertiary/aromatic N) is 2. The van der Waals surface area contributed by atoms with E-state index in [-0.39, 0.29) is 16.7 Å². The topological polar surface area (TPSA) is 91.0 Å². The molecule has 0 radical (unpaired) electrons. The Hall–Kier alpha value is -3.56. The number of benzene rings is 3. The number of hydrogen-bond acceptors (Lipinski definition) is 6. The largest absolute Gasteiger partial charge is 0.495 e. The van der Waals surface area contributed by atoms with Gasteiger partial charge < -0.3 is 19.9 Å². The summed E-state index contributed by atoms with van der Waals surface area (Å²) in [5, 5.41) is 2.84. The van der Waals surface area contributed by atoms with Crippen LogP contribution in [0.1, 0.15) is 32.4 Å².